The maximum atomic E-state index is 5.79. The average Bonchev–Trinajstić information content (AvgIpc) is 2.33. The van der Waals surface area contributed by atoms with E-state index in [9.17, 15) is 0 Å². The molecule has 0 aliphatic carbocycles. The molecule has 0 radical (unpaired) electrons. The molecular weight excluding hydrogens is 240 g/mol. The Balaban J connectivity index is 2.15. The fourth-order valence-electron chi connectivity index (χ4n) is 1.83. The van der Waals surface area contributed by atoms with E-state index >= 15 is 0 Å². The van der Waals surface area contributed by atoms with Crippen LogP contribution >= 0.6 is 12.6 Å². The van der Waals surface area contributed by atoms with E-state index in [2.05, 4.69) is 63.7 Å². The van der Waals surface area contributed by atoms with Gasteiger partial charge in [-0.15, -0.1) is 0 Å². The first kappa shape index (κ1) is 15.6. The van der Waals surface area contributed by atoms with Crippen LogP contribution in [0.3, 0.4) is 0 Å². The summed E-state index contributed by atoms with van der Waals surface area (Å²) in [5.74, 6) is 1.42. The maximum absolute atomic E-state index is 5.79. The van der Waals surface area contributed by atoms with E-state index in [0.29, 0.717) is 5.92 Å². The lowest BCUT2D eigenvalue weighted by molar-refractivity contribution is 0.0651. The first-order valence-electron chi connectivity index (χ1n) is 6.76. The Morgan fingerprint density at radius 1 is 1.17 bits per heavy atom. The molecule has 18 heavy (non-hydrogen) atoms. The molecule has 0 saturated carbocycles. The van der Waals surface area contributed by atoms with Gasteiger partial charge in [-0.2, -0.15) is 12.6 Å². The van der Waals surface area contributed by atoms with Gasteiger partial charge in [0.15, 0.2) is 0 Å². The molecule has 2 heteroatoms. The summed E-state index contributed by atoms with van der Waals surface area (Å²) in [6, 6.07) is 10.6. The largest absolute Gasteiger partial charge is 0.381 e. The van der Waals surface area contributed by atoms with Gasteiger partial charge in [0.05, 0.1) is 6.61 Å². The molecule has 0 heterocycles. The van der Waals surface area contributed by atoms with Crippen molar-refractivity contribution >= 4 is 12.6 Å². The number of thiol groups is 1. The van der Waals surface area contributed by atoms with Crippen molar-refractivity contribution in [1.82, 2.24) is 0 Å². The molecule has 0 saturated heterocycles. The summed E-state index contributed by atoms with van der Waals surface area (Å²) in [7, 11) is 0. The minimum absolute atomic E-state index is 0.279. The predicted molar refractivity (Wildman–Crippen MR) is 82.4 cm³/mol. The van der Waals surface area contributed by atoms with Crippen molar-refractivity contribution < 1.29 is 4.74 Å². The zero-order valence-corrected chi connectivity index (χ0v) is 12.7. The molecular formula is C16H26OS. The van der Waals surface area contributed by atoms with Crippen LogP contribution < -0.4 is 0 Å². The second kappa shape index (κ2) is 7.85. The molecule has 1 aromatic carbocycles. The number of rotatable bonds is 7. The third-order valence-corrected chi connectivity index (χ3v) is 3.80. The van der Waals surface area contributed by atoms with E-state index in [1.165, 1.54) is 5.56 Å². The van der Waals surface area contributed by atoms with Crippen LogP contribution in [0.2, 0.25) is 0 Å². The number of hydrogen-bond donors (Lipinski definition) is 1. The summed E-state index contributed by atoms with van der Waals surface area (Å²) >= 11 is 4.41. The van der Waals surface area contributed by atoms with E-state index in [-0.39, 0.29) is 5.41 Å². The lowest BCUT2D eigenvalue weighted by atomic mass is 9.82. The van der Waals surface area contributed by atoms with Crippen LogP contribution in [0.15, 0.2) is 30.3 Å². The van der Waals surface area contributed by atoms with Gasteiger partial charge < -0.3 is 4.74 Å². The standard InChI is InChI=1S/C16H26OS/c1-16(2,3)15(13-18)12-17-11-7-10-14-8-5-4-6-9-14/h4-6,8-9,15,18H,7,10-13H2,1-3H3. The van der Waals surface area contributed by atoms with Crippen LogP contribution in [0.5, 0.6) is 0 Å². The molecule has 0 aliphatic heterocycles. The van der Waals surface area contributed by atoms with Crippen molar-refractivity contribution in [3.05, 3.63) is 35.9 Å². The zero-order chi connectivity index (χ0) is 13.4. The highest BCUT2D eigenvalue weighted by Crippen LogP contribution is 2.27. The SMILES string of the molecule is CC(C)(C)C(CS)COCCCc1ccccc1. The van der Waals surface area contributed by atoms with Gasteiger partial charge >= 0.3 is 0 Å². The van der Waals surface area contributed by atoms with Crippen LogP contribution in [0.25, 0.3) is 0 Å². The van der Waals surface area contributed by atoms with E-state index in [0.717, 1.165) is 31.8 Å². The Morgan fingerprint density at radius 3 is 2.39 bits per heavy atom. The van der Waals surface area contributed by atoms with Crippen molar-refractivity contribution in [3.8, 4) is 0 Å². The van der Waals surface area contributed by atoms with E-state index in [4.69, 9.17) is 4.74 Å². The summed E-state index contributed by atoms with van der Waals surface area (Å²) in [4.78, 5) is 0. The molecule has 1 aromatic rings. The number of hydrogen-bond acceptors (Lipinski definition) is 2. The highest BCUT2D eigenvalue weighted by atomic mass is 32.1. The Morgan fingerprint density at radius 2 is 1.83 bits per heavy atom. The summed E-state index contributed by atoms with van der Waals surface area (Å²) < 4.78 is 5.79. The Hall–Kier alpha value is -0.470. The van der Waals surface area contributed by atoms with E-state index < -0.39 is 0 Å². The Bertz CT molecular complexity index is 316. The van der Waals surface area contributed by atoms with Gasteiger partial charge in [0.1, 0.15) is 0 Å². The zero-order valence-electron chi connectivity index (χ0n) is 11.9. The van der Waals surface area contributed by atoms with E-state index in [1.54, 1.807) is 0 Å². The summed E-state index contributed by atoms with van der Waals surface area (Å²) in [5.41, 5.74) is 1.67. The van der Waals surface area contributed by atoms with E-state index in [1.807, 2.05) is 0 Å². The summed E-state index contributed by atoms with van der Waals surface area (Å²) in [6.45, 7) is 8.42. The fraction of sp³-hybridized carbons (Fsp3) is 0.625. The molecule has 1 nitrogen and oxygen atoms in total. The first-order chi connectivity index (χ1) is 8.54. The predicted octanol–water partition coefficient (Wildman–Crippen LogP) is 4.23. The fourth-order valence-corrected chi connectivity index (χ4v) is 2.48. The smallest absolute Gasteiger partial charge is 0.0507 e. The number of aryl methyl sites for hydroxylation is 1. The molecule has 0 aromatic heterocycles. The van der Waals surface area contributed by atoms with Crippen LogP contribution in [-0.4, -0.2) is 19.0 Å². The highest BCUT2D eigenvalue weighted by molar-refractivity contribution is 7.80. The number of ether oxygens (including phenoxy) is 1. The molecule has 102 valence electrons. The van der Waals surface area contributed by atoms with Gasteiger partial charge in [-0.3, -0.25) is 0 Å². The van der Waals surface area contributed by atoms with Crippen LogP contribution in [0.4, 0.5) is 0 Å². The van der Waals surface area contributed by atoms with Crippen molar-refractivity contribution in [3.63, 3.8) is 0 Å². The molecule has 1 rings (SSSR count). The van der Waals surface area contributed by atoms with Crippen molar-refractivity contribution in [1.29, 1.82) is 0 Å². The molecule has 0 aliphatic rings. The van der Waals surface area contributed by atoms with Crippen molar-refractivity contribution in [2.45, 2.75) is 33.6 Å². The average molecular weight is 266 g/mol. The summed E-state index contributed by atoms with van der Waals surface area (Å²) in [5, 5.41) is 0. The third kappa shape index (κ3) is 5.92. The molecule has 0 N–H and O–H groups in total. The molecule has 1 unspecified atom stereocenters. The van der Waals surface area contributed by atoms with Crippen molar-refractivity contribution in [2.24, 2.45) is 11.3 Å². The highest BCUT2D eigenvalue weighted by Gasteiger charge is 2.23. The topological polar surface area (TPSA) is 9.23 Å². The van der Waals surface area contributed by atoms with Gasteiger partial charge in [-0.05, 0) is 35.5 Å². The second-order valence-corrected chi connectivity index (χ2v) is 6.27. The minimum Gasteiger partial charge on any atom is -0.381 e. The molecule has 0 spiro atoms. The van der Waals surface area contributed by atoms with Gasteiger partial charge in [-0.1, -0.05) is 51.1 Å². The Labute approximate surface area is 117 Å². The molecule has 0 bridgehead atoms. The van der Waals surface area contributed by atoms with Crippen molar-refractivity contribution in [2.75, 3.05) is 19.0 Å². The first-order valence-corrected chi connectivity index (χ1v) is 7.40. The second-order valence-electron chi connectivity index (χ2n) is 5.91. The van der Waals surface area contributed by atoms with Crippen LogP contribution in [0, 0.1) is 11.3 Å². The normalized spacial score (nSPS) is 13.6. The van der Waals surface area contributed by atoms with Gasteiger partial charge in [0.2, 0.25) is 0 Å². The van der Waals surface area contributed by atoms with Gasteiger partial charge in [-0.25, -0.2) is 0 Å². The quantitative estimate of drug-likeness (QED) is 0.574. The maximum Gasteiger partial charge on any atom is 0.0507 e. The lowest BCUT2D eigenvalue weighted by Gasteiger charge is -2.29. The van der Waals surface area contributed by atoms with Crippen LogP contribution in [0.1, 0.15) is 32.8 Å². The third-order valence-electron chi connectivity index (χ3n) is 3.36. The van der Waals surface area contributed by atoms with Gasteiger partial charge in [0, 0.05) is 6.61 Å². The lowest BCUT2D eigenvalue weighted by Crippen LogP contribution is -2.27. The molecule has 0 amide bonds. The van der Waals surface area contributed by atoms with Gasteiger partial charge in [0.25, 0.3) is 0 Å². The summed E-state index contributed by atoms with van der Waals surface area (Å²) in [6.07, 6.45) is 2.19. The minimum atomic E-state index is 0.279. The molecule has 1 atom stereocenters. The monoisotopic (exact) mass is 266 g/mol. The Kier molecular flexibility index (Phi) is 6.80. The number of benzene rings is 1. The molecule has 0 fully saturated rings. The van der Waals surface area contributed by atoms with Crippen LogP contribution in [-0.2, 0) is 11.2 Å².